The molecule has 0 aliphatic rings. The van der Waals surface area contributed by atoms with Crippen molar-refractivity contribution in [3.8, 4) is 6.07 Å². The van der Waals surface area contributed by atoms with E-state index in [1.54, 1.807) is 0 Å². The van der Waals surface area contributed by atoms with Crippen LogP contribution in [0.3, 0.4) is 0 Å². The molecule has 0 unspecified atom stereocenters. The summed E-state index contributed by atoms with van der Waals surface area (Å²) in [4.78, 5) is 0. The lowest BCUT2D eigenvalue weighted by molar-refractivity contribution is 0.348. The molecule has 2 atom stereocenters. The first-order valence-electron chi connectivity index (χ1n) is 3.49. The van der Waals surface area contributed by atoms with Crippen molar-refractivity contribution in [2.24, 2.45) is 17.8 Å². The van der Waals surface area contributed by atoms with E-state index in [2.05, 4.69) is 26.8 Å². The smallest absolute Gasteiger partial charge is 0.0655 e. The van der Waals surface area contributed by atoms with E-state index in [1.807, 2.05) is 6.92 Å². The highest BCUT2D eigenvalue weighted by molar-refractivity contribution is 4.83. The Morgan fingerprint density at radius 3 is 1.67 bits per heavy atom. The zero-order valence-electron chi connectivity index (χ0n) is 6.68. The molecule has 0 aliphatic carbocycles. The molecule has 0 aromatic heterocycles. The Bertz CT molecular complexity index is 110. The molecule has 52 valence electrons. The van der Waals surface area contributed by atoms with E-state index in [1.165, 1.54) is 0 Å². The van der Waals surface area contributed by atoms with Gasteiger partial charge in [-0.25, -0.2) is 0 Å². The second-order valence-electron chi connectivity index (χ2n) is 3.02. The molecule has 0 rings (SSSR count). The monoisotopic (exact) mass is 125 g/mol. The van der Waals surface area contributed by atoms with Gasteiger partial charge in [0.25, 0.3) is 0 Å². The van der Waals surface area contributed by atoms with E-state index in [-0.39, 0.29) is 5.92 Å². The minimum atomic E-state index is 0.199. The van der Waals surface area contributed by atoms with E-state index >= 15 is 0 Å². The van der Waals surface area contributed by atoms with Crippen LogP contribution >= 0.6 is 0 Å². The summed E-state index contributed by atoms with van der Waals surface area (Å²) in [6.45, 7) is 8.40. The summed E-state index contributed by atoms with van der Waals surface area (Å²) >= 11 is 0. The van der Waals surface area contributed by atoms with Crippen molar-refractivity contribution in [1.29, 1.82) is 5.26 Å². The Morgan fingerprint density at radius 1 is 1.11 bits per heavy atom. The second kappa shape index (κ2) is 3.50. The maximum absolute atomic E-state index is 8.50. The van der Waals surface area contributed by atoms with Gasteiger partial charge < -0.3 is 0 Å². The van der Waals surface area contributed by atoms with Gasteiger partial charge in [0.15, 0.2) is 0 Å². The first-order valence-corrected chi connectivity index (χ1v) is 3.49. The molecule has 0 aliphatic heterocycles. The van der Waals surface area contributed by atoms with Crippen LogP contribution in [0.2, 0.25) is 0 Å². The largest absolute Gasteiger partial charge is 0.198 e. The predicted octanol–water partition coefficient (Wildman–Crippen LogP) is 2.44. The average molecular weight is 125 g/mol. The van der Waals surface area contributed by atoms with Crippen LogP contribution in [0.5, 0.6) is 0 Å². The molecule has 0 saturated carbocycles. The summed E-state index contributed by atoms with van der Waals surface area (Å²) in [5, 5.41) is 8.50. The fourth-order valence-electron chi connectivity index (χ4n) is 0.695. The SMILES string of the molecule is CC(C)[C@@H](C)[C@@H](C)C#N. The number of nitriles is 1. The first kappa shape index (κ1) is 8.49. The topological polar surface area (TPSA) is 23.8 Å². The Balaban J connectivity index is 3.76. The fraction of sp³-hybridized carbons (Fsp3) is 0.875. The van der Waals surface area contributed by atoms with Crippen LogP contribution in [0.25, 0.3) is 0 Å². The highest BCUT2D eigenvalue weighted by atomic mass is 14.3. The Hall–Kier alpha value is -0.510. The van der Waals surface area contributed by atoms with Crippen molar-refractivity contribution in [3.05, 3.63) is 0 Å². The van der Waals surface area contributed by atoms with Crippen LogP contribution in [0, 0.1) is 29.1 Å². The summed E-state index contributed by atoms with van der Waals surface area (Å²) in [7, 11) is 0. The lowest BCUT2D eigenvalue weighted by Gasteiger charge is -2.16. The lowest BCUT2D eigenvalue weighted by Crippen LogP contribution is -2.11. The third-order valence-electron chi connectivity index (χ3n) is 2.04. The van der Waals surface area contributed by atoms with Crippen LogP contribution in [-0.2, 0) is 0 Å². The average Bonchev–Trinajstić information content (AvgIpc) is 1.84. The molecule has 0 spiro atoms. The molecule has 0 fully saturated rings. The van der Waals surface area contributed by atoms with Crippen LogP contribution in [0.1, 0.15) is 27.7 Å². The summed E-state index contributed by atoms with van der Waals surface area (Å²) in [5.41, 5.74) is 0. The maximum Gasteiger partial charge on any atom is 0.0655 e. The molecular weight excluding hydrogens is 110 g/mol. The molecule has 0 heterocycles. The van der Waals surface area contributed by atoms with E-state index < -0.39 is 0 Å². The van der Waals surface area contributed by atoms with Crippen molar-refractivity contribution in [1.82, 2.24) is 0 Å². The highest BCUT2D eigenvalue weighted by Gasteiger charge is 2.13. The Kier molecular flexibility index (Phi) is 3.30. The summed E-state index contributed by atoms with van der Waals surface area (Å²) in [5.74, 6) is 1.35. The zero-order valence-corrected chi connectivity index (χ0v) is 6.68. The van der Waals surface area contributed by atoms with E-state index in [0.717, 1.165) is 0 Å². The molecule has 1 heteroatoms. The number of nitrogens with zero attached hydrogens (tertiary/aromatic N) is 1. The van der Waals surface area contributed by atoms with Gasteiger partial charge in [0.1, 0.15) is 0 Å². The van der Waals surface area contributed by atoms with Gasteiger partial charge in [0, 0.05) is 5.92 Å². The van der Waals surface area contributed by atoms with Crippen molar-refractivity contribution < 1.29 is 0 Å². The van der Waals surface area contributed by atoms with E-state index in [4.69, 9.17) is 5.26 Å². The normalized spacial score (nSPS) is 16.9. The Morgan fingerprint density at radius 2 is 1.56 bits per heavy atom. The molecule has 0 aromatic rings. The van der Waals surface area contributed by atoms with Crippen LogP contribution in [0.4, 0.5) is 0 Å². The van der Waals surface area contributed by atoms with Gasteiger partial charge in [-0.3, -0.25) is 0 Å². The van der Waals surface area contributed by atoms with Gasteiger partial charge in [0.05, 0.1) is 6.07 Å². The summed E-state index contributed by atoms with van der Waals surface area (Å²) in [6, 6.07) is 2.25. The maximum atomic E-state index is 8.50. The van der Waals surface area contributed by atoms with Crippen LogP contribution in [0.15, 0.2) is 0 Å². The third kappa shape index (κ3) is 2.51. The first-order chi connectivity index (χ1) is 4.09. The molecule has 9 heavy (non-hydrogen) atoms. The molecule has 0 N–H and O–H groups in total. The van der Waals surface area contributed by atoms with Crippen LogP contribution < -0.4 is 0 Å². The number of hydrogen-bond acceptors (Lipinski definition) is 1. The number of hydrogen-bond donors (Lipinski definition) is 0. The number of rotatable bonds is 2. The third-order valence-corrected chi connectivity index (χ3v) is 2.04. The predicted molar refractivity (Wildman–Crippen MR) is 38.8 cm³/mol. The Labute approximate surface area is 57.7 Å². The molecule has 1 nitrogen and oxygen atoms in total. The van der Waals surface area contributed by atoms with Crippen molar-refractivity contribution >= 4 is 0 Å². The highest BCUT2D eigenvalue weighted by Crippen LogP contribution is 2.18. The van der Waals surface area contributed by atoms with Crippen LogP contribution in [-0.4, -0.2) is 0 Å². The molecular formula is C8H15N. The van der Waals surface area contributed by atoms with E-state index in [0.29, 0.717) is 11.8 Å². The van der Waals surface area contributed by atoms with Gasteiger partial charge in [-0.05, 0) is 18.8 Å². The molecule has 0 saturated heterocycles. The minimum absolute atomic E-state index is 0.199. The van der Waals surface area contributed by atoms with Gasteiger partial charge in [-0.1, -0.05) is 20.8 Å². The zero-order chi connectivity index (χ0) is 7.44. The molecule has 0 aromatic carbocycles. The summed E-state index contributed by atoms with van der Waals surface area (Å²) in [6.07, 6.45) is 0. The van der Waals surface area contributed by atoms with Gasteiger partial charge in [-0.15, -0.1) is 0 Å². The van der Waals surface area contributed by atoms with Gasteiger partial charge in [-0.2, -0.15) is 5.26 Å². The van der Waals surface area contributed by atoms with E-state index in [9.17, 15) is 0 Å². The summed E-state index contributed by atoms with van der Waals surface area (Å²) < 4.78 is 0. The van der Waals surface area contributed by atoms with Gasteiger partial charge >= 0.3 is 0 Å². The van der Waals surface area contributed by atoms with Crippen molar-refractivity contribution in [2.45, 2.75) is 27.7 Å². The van der Waals surface area contributed by atoms with Crippen molar-refractivity contribution in [2.75, 3.05) is 0 Å². The minimum Gasteiger partial charge on any atom is -0.198 e. The molecule has 0 amide bonds. The molecule has 0 radical (unpaired) electrons. The fourth-order valence-corrected chi connectivity index (χ4v) is 0.695. The van der Waals surface area contributed by atoms with Crippen molar-refractivity contribution in [3.63, 3.8) is 0 Å². The quantitative estimate of drug-likeness (QED) is 0.556. The second-order valence-corrected chi connectivity index (χ2v) is 3.02. The lowest BCUT2D eigenvalue weighted by atomic mass is 9.87. The molecule has 0 bridgehead atoms. The standard InChI is InChI=1S/C8H15N/c1-6(2)8(4)7(3)5-9/h6-8H,1-4H3/t7-,8+/m0/s1. The van der Waals surface area contributed by atoms with Gasteiger partial charge in [0.2, 0.25) is 0 Å².